The third-order valence-corrected chi connectivity index (χ3v) is 5.88. The first-order valence-electron chi connectivity index (χ1n) is 10.7. The van der Waals surface area contributed by atoms with Gasteiger partial charge in [0.1, 0.15) is 5.82 Å². The number of rotatable bonds is 6. The summed E-state index contributed by atoms with van der Waals surface area (Å²) in [5, 5.41) is 14.7. The number of carbonyl (C=O) groups excluding carboxylic acids is 2. The van der Waals surface area contributed by atoms with Crippen molar-refractivity contribution >= 4 is 23.3 Å². The minimum absolute atomic E-state index is 0.00124. The maximum absolute atomic E-state index is 12.9. The van der Waals surface area contributed by atoms with E-state index < -0.39 is 0 Å². The molecule has 2 amide bonds. The number of aromatic nitrogens is 4. The Morgan fingerprint density at radius 1 is 1.06 bits per heavy atom. The fourth-order valence-electron chi connectivity index (χ4n) is 4.08. The number of hydrogen-bond donors (Lipinski definition) is 2. The molecule has 1 fully saturated rings. The van der Waals surface area contributed by atoms with Crippen molar-refractivity contribution in [2.45, 2.75) is 46.1 Å². The molecule has 3 aromatic rings. The molecule has 0 radical (unpaired) electrons. The van der Waals surface area contributed by atoms with Gasteiger partial charge in [0.25, 0.3) is 5.91 Å². The highest BCUT2D eigenvalue weighted by atomic mass is 16.2. The van der Waals surface area contributed by atoms with Crippen LogP contribution >= 0.6 is 0 Å². The lowest BCUT2D eigenvalue weighted by molar-refractivity contribution is -0.119. The van der Waals surface area contributed by atoms with Crippen LogP contribution in [-0.4, -0.2) is 31.4 Å². The monoisotopic (exact) mass is 420 g/mol. The fourth-order valence-corrected chi connectivity index (χ4v) is 4.08. The van der Waals surface area contributed by atoms with E-state index in [1.165, 1.54) is 4.68 Å². The van der Waals surface area contributed by atoms with Gasteiger partial charge in [-0.05, 0) is 32.3 Å². The van der Waals surface area contributed by atoms with Crippen LogP contribution in [0.1, 0.15) is 53.1 Å². The van der Waals surface area contributed by atoms with Crippen LogP contribution in [0.4, 0.5) is 11.5 Å². The number of nitrogens with zero attached hydrogens (tertiary/aromatic N) is 4. The smallest absolute Gasteiger partial charge is 0.276 e. The van der Waals surface area contributed by atoms with Crippen LogP contribution in [0.5, 0.6) is 0 Å². The second-order valence-electron chi connectivity index (χ2n) is 8.15. The molecule has 0 spiro atoms. The van der Waals surface area contributed by atoms with Crippen LogP contribution in [0.2, 0.25) is 0 Å². The Bertz CT molecular complexity index is 1090. The van der Waals surface area contributed by atoms with Crippen LogP contribution in [0, 0.1) is 19.8 Å². The molecule has 1 aliphatic carbocycles. The van der Waals surface area contributed by atoms with E-state index in [0.717, 1.165) is 42.6 Å². The summed E-state index contributed by atoms with van der Waals surface area (Å²) in [6.07, 6.45) is 4.02. The van der Waals surface area contributed by atoms with Crippen molar-refractivity contribution in [2.75, 3.05) is 10.6 Å². The lowest BCUT2D eigenvalue weighted by Crippen LogP contribution is -2.21. The molecule has 4 rings (SSSR count). The SMILES string of the molecule is Cc1nn(Cc2ccccc2)c(C)c1NC(=O)c1cc(NC(=O)C2CCCC2)n(C)n1. The molecule has 0 aliphatic heterocycles. The van der Waals surface area contributed by atoms with E-state index in [1.807, 2.05) is 48.9 Å². The number of anilines is 2. The Morgan fingerprint density at radius 3 is 2.48 bits per heavy atom. The molecular weight excluding hydrogens is 392 g/mol. The van der Waals surface area contributed by atoms with Crippen LogP contribution in [0.15, 0.2) is 36.4 Å². The molecule has 2 N–H and O–H groups in total. The number of hydrogen-bond acceptors (Lipinski definition) is 4. The zero-order valence-corrected chi connectivity index (χ0v) is 18.2. The predicted molar refractivity (Wildman–Crippen MR) is 119 cm³/mol. The molecule has 0 bridgehead atoms. The van der Waals surface area contributed by atoms with Gasteiger partial charge in [0, 0.05) is 19.0 Å². The molecule has 31 heavy (non-hydrogen) atoms. The summed E-state index contributed by atoms with van der Waals surface area (Å²) >= 11 is 0. The first-order chi connectivity index (χ1) is 14.9. The minimum atomic E-state index is -0.331. The van der Waals surface area contributed by atoms with Crippen LogP contribution in [0.25, 0.3) is 0 Å². The molecule has 8 nitrogen and oxygen atoms in total. The maximum atomic E-state index is 12.9. The first kappa shape index (κ1) is 20.8. The molecule has 0 unspecified atom stereocenters. The number of aryl methyl sites for hydroxylation is 2. The van der Waals surface area contributed by atoms with E-state index in [-0.39, 0.29) is 23.4 Å². The van der Waals surface area contributed by atoms with Gasteiger partial charge in [0.15, 0.2) is 5.69 Å². The molecule has 162 valence electrons. The van der Waals surface area contributed by atoms with Crippen molar-refractivity contribution in [2.24, 2.45) is 13.0 Å². The lowest BCUT2D eigenvalue weighted by Gasteiger charge is -2.09. The van der Waals surface area contributed by atoms with E-state index >= 15 is 0 Å². The second-order valence-corrected chi connectivity index (χ2v) is 8.15. The Balaban J connectivity index is 1.46. The molecule has 2 aromatic heterocycles. The topological polar surface area (TPSA) is 93.8 Å². The van der Waals surface area contributed by atoms with Gasteiger partial charge in [0.05, 0.1) is 23.6 Å². The molecule has 0 saturated heterocycles. The van der Waals surface area contributed by atoms with Crippen LogP contribution in [0.3, 0.4) is 0 Å². The van der Waals surface area contributed by atoms with E-state index in [2.05, 4.69) is 20.8 Å². The van der Waals surface area contributed by atoms with Gasteiger partial charge in [-0.2, -0.15) is 10.2 Å². The van der Waals surface area contributed by atoms with Crippen molar-refractivity contribution in [1.29, 1.82) is 0 Å². The third-order valence-electron chi connectivity index (χ3n) is 5.88. The summed E-state index contributed by atoms with van der Waals surface area (Å²) in [7, 11) is 1.72. The van der Waals surface area contributed by atoms with Crippen molar-refractivity contribution in [3.63, 3.8) is 0 Å². The van der Waals surface area contributed by atoms with Crippen molar-refractivity contribution in [3.8, 4) is 0 Å². The molecular formula is C23H28N6O2. The molecule has 1 aromatic carbocycles. The molecule has 1 saturated carbocycles. The van der Waals surface area contributed by atoms with E-state index in [1.54, 1.807) is 13.1 Å². The zero-order chi connectivity index (χ0) is 22.0. The summed E-state index contributed by atoms with van der Waals surface area (Å²) in [5.74, 6) is 0.243. The van der Waals surface area contributed by atoms with E-state index in [0.29, 0.717) is 18.1 Å². The number of carbonyl (C=O) groups is 2. The highest BCUT2D eigenvalue weighted by molar-refractivity contribution is 6.04. The van der Waals surface area contributed by atoms with Crippen molar-refractivity contribution < 1.29 is 9.59 Å². The van der Waals surface area contributed by atoms with Crippen molar-refractivity contribution in [1.82, 2.24) is 19.6 Å². The van der Waals surface area contributed by atoms with Gasteiger partial charge in [0.2, 0.25) is 5.91 Å². The first-order valence-corrected chi connectivity index (χ1v) is 10.7. The fraction of sp³-hybridized carbons (Fsp3) is 0.391. The van der Waals surface area contributed by atoms with Crippen molar-refractivity contribution in [3.05, 3.63) is 59.0 Å². The van der Waals surface area contributed by atoms with E-state index in [9.17, 15) is 9.59 Å². The van der Waals surface area contributed by atoms with Gasteiger partial charge >= 0.3 is 0 Å². The summed E-state index contributed by atoms with van der Waals surface area (Å²) in [5.41, 5.74) is 3.69. The van der Waals surface area contributed by atoms with Gasteiger partial charge in [-0.3, -0.25) is 19.0 Å². The van der Waals surface area contributed by atoms with Crippen LogP contribution in [-0.2, 0) is 18.4 Å². The molecule has 8 heteroatoms. The summed E-state index contributed by atoms with van der Waals surface area (Å²) in [6.45, 7) is 4.43. The molecule has 1 aliphatic rings. The summed E-state index contributed by atoms with van der Waals surface area (Å²) in [4.78, 5) is 25.3. The average molecular weight is 421 g/mol. The maximum Gasteiger partial charge on any atom is 0.276 e. The number of benzene rings is 1. The Kier molecular flexibility index (Phi) is 5.88. The summed E-state index contributed by atoms with van der Waals surface area (Å²) < 4.78 is 3.41. The van der Waals surface area contributed by atoms with Gasteiger partial charge in [-0.1, -0.05) is 43.2 Å². The molecule has 2 heterocycles. The number of nitrogens with one attached hydrogen (secondary N) is 2. The highest BCUT2D eigenvalue weighted by Crippen LogP contribution is 2.26. The normalized spacial score (nSPS) is 14.0. The molecule has 0 atom stereocenters. The third kappa shape index (κ3) is 4.52. The Hall–Kier alpha value is -3.42. The van der Waals surface area contributed by atoms with Crippen LogP contribution < -0.4 is 10.6 Å². The largest absolute Gasteiger partial charge is 0.317 e. The van der Waals surface area contributed by atoms with Gasteiger partial charge in [-0.25, -0.2) is 0 Å². The lowest BCUT2D eigenvalue weighted by atomic mass is 10.1. The van der Waals surface area contributed by atoms with E-state index in [4.69, 9.17) is 0 Å². The number of amides is 2. The second kappa shape index (κ2) is 8.75. The van der Waals surface area contributed by atoms with Gasteiger partial charge in [-0.15, -0.1) is 0 Å². The summed E-state index contributed by atoms with van der Waals surface area (Å²) in [6, 6.07) is 11.7. The minimum Gasteiger partial charge on any atom is -0.317 e. The zero-order valence-electron chi connectivity index (χ0n) is 18.2. The quantitative estimate of drug-likeness (QED) is 0.636. The average Bonchev–Trinajstić information content (AvgIpc) is 3.47. The predicted octanol–water partition coefficient (Wildman–Crippen LogP) is 3.66. The Morgan fingerprint density at radius 2 is 1.77 bits per heavy atom. The Labute approximate surface area is 181 Å². The van der Waals surface area contributed by atoms with Gasteiger partial charge < -0.3 is 10.6 Å². The highest BCUT2D eigenvalue weighted by Gasteiger charge is 2.24. The standard InChI is InChI=1S/C23H28N6O2/c1-15-21(16(2)29(26-15)14-17-9-5-4-6-10-17)25-23(31)19-13-20(28(3)27-19)24-22(30)18-11-7-8-12-18/h4-6,9-10,13,18H,7-8,11-12,14H2,1-3H3,(H,24,30)(H,25,31).